The third kappa shape index (κ3) is 4.84. The molecule has 228 valence electrons. The van der Waals surface area contributed by atoms with Crippen LogP contribution in [0.25, 0.3) is 10.9 Å². The van der Waals surface area contributed by atoms with Gasteiger partial charge in [0.05, 0.1) is 34.8 Å². The first kappa shape index (κ1) is 28.7. The second-order valence-corrected chi connectivity index (χ2v) is 12.6. The normalized spacial score (nSPS) is 18.0. The molecule has 10 heteroatoms. The van der Waals surface area contributed by atoms with Crippen molar-refractivity contribution in [3.8, 4) is 6.07 Å². The molecule has 2 N–H and O–H groups in total. The highest BCUT2D eigenvalue weighted by Gasteiger charge is 2.40. The van der Waals surface area contributed by atoms with E-state index in [1.54, 1.807) is 17.2 Å². The van der Waals surface area contributed by atoms with E-state index >= 15 is 0 Å². The number of H-pyrrole nitrogens is 1. The molecule has 3 aliphatic rings. The second-order valence-electron chi connectivity index (χ2n) is 12.6. The number of hydrogen-bond donors (Lipinski definition) is 2. The van der Waals surface area contributed by atoms with Crippen LogP contribution >= 0.6 is 0 Å². The van der Waals surface area contributed by atoms with Crippen molar-refractivity contribution in [1.82, 2.24) is 20.2 Å². The van der Waals surface area contributed by atoms with Crippen LogP contribution in [0.5, 0.6) is 0 Å². The van der Waals surface area contributed by atoms with Gasteiger partial charge in [-0.15, -0.1) is 0 Å². The Morgan fingerprint density at radius 1 is 1.00 bits per heavy atom. The molecule has 2 aliphatic heterocycles. The minimum absolute atomic E-state index is 0.0364. The summed E-state index contributed by atoms with van der Waals surface area (Å²) in [6.45, 7) is 11.0. The van der Waals surface area contributed by atoms with Gasteiger partial charge in [0.15, 0.2) is 5.78 Å². The second kappa shape index (κ2) is 10.9. The summed E-state index contributed by atoms with van der Waals surface area (Å²) in [6, 6.07) is 15.5. The Hall–Kier alpha value is -5.01. The van der Waals surface area contributed by atoms with Crippen LogP contribution in [0.4, 0.5) is 16.2 Å². The lowest BCUT2D eigenvalue weighted by molar-refractivity contribution is -0.120. The van der Waals surface area contributed by atoms with E-state index in [0.717, 1.165) is 66.0 Å². The molecule has 0 atom stereocenters. The Morgan fingerprint density at radius 3 is 2.49 bits per heavy atom. The van der Waals surface area contributed by atoms with Crippen LogP contribution < -0.4 is 15.1 Å². The van der Waals surface area contributed by atoms with Gasteiger partial charge in [0.2, 0.25) is 5.91 Å². The molecule has 0 saturated carbocycles. The maximum atomic E-state index is 14.0. The lowest BCUT2D eigenvalue weighted by Gasteiger charge is -2.39. The first-order valence-electron chi connectivity index (χ1n) is 15.5. The molecular formula is C35H35N7O3. The molecule has 3 amide bonds. The van der Waals surface area contributed by atoms with Crippen LogP contribution in [-0.4, -0.2) is 65.3 Å². The number of amides is 3. The van der Waals surface area contributed by atoms with Gasteiger partial charge in [0.25, 0.3) is 0 Å². The van der Waals surface area contributed by atoms with Crippen molar-refractivity contribution < 1.29 is 14.4 Å². The Labute approximate surface area is 261 Å². The average Bonchev–Trinajstić information content (AvgIpc) is 3.44. The van der Waals surface area contributed by atoms with Gasteiger partial charge in [-0.3, -0.25) is 29.7 Å². The third-order valence-corrected chi connectivity index (χ3v) is 9.57. The standard InChI is InChI=1S/C35H35N7O3/c1-4-22-16-26-27(35(2,3)33-31(32(26)44)25-8-5-21(18-36)15-28(25)38-33)17-29(22)41-13-11-40(12-14-41)20-23-6-7-24(19-37-23)42-10-9-30(43)39-34(42)45/h5-8,15-17,19,38H,4,9-14,20H2,1-3H3,(H,39,43,45). The van der Waals surface area contributed by atoms with Gasteiger partial charge in [0.1, 0.15) is 0 Å². The molecule has 0 radical (unpaired) electrons. The number of fused-ring (bicyclic) bond motifs is 4. The number of aromatic nitrogens is 2. The fraction of sp³-hybridized carbons (Fsp3) is 0.343. The van der Waals surface area contributed by atoms with Gasteiger partial charge >= 0.3 is 6.03 Å². The number of carbonyl (C=O) groups excluding carboxylic acids is 3. The van der Waals surface area contributed by atoms with Crippen molar-refractivity contribution in [2.24, 2.45) is 0 Å². The van der Waals surface area contributed by atoms with Crippen LogP contribution in [0, 0.1) is 11.3 Å². The number of nitriles is 1. The quantitative estimate of drug-likeness (QED) is 0.342. The zero-order valence-corrected chi connectivity index (χ0v) is 25.7. The molecule has 0 bridgehead atoms. The molecule has 2 aromatic carbocycles. The van der Waals surface area contributed by atoms with E-state index in [-0.39, 0.29) is 18.1 Å². The predicted octanol–water partition coefficient (Wildman–Crippen LogP) is 4.64. The number of benzene rings is 2. The maximum Gasteiger partial charge on any atom is 0.328 e. The van der Waals surface area contributed by atoms with Gasteiger partial charge in [-0.05, 0) is 53.9 Å². The van der Waals surface area contributed by atoms with Crippen LogP contribution in [0.15, 0.2) is 48.7 Å². The number of imide groups is 1. The lowest BCUT2D eigenvalue weighted by Crippen LogP contribution is -2.49. The molecule has 4 heterocycles. The zero-order chi connectivity index (χ0) is 31.5. The molecule has 0 unspecified atom stereocenters. The van der Waals surface area contributed by atoms with Crippen LogP contribution in [0.3, 0.4) is 0 Å². The number of piperazine rings is 1. The first-order valence-corrected chi connectivity index (χ1v) is 15.5. The number of pyridine rings is 1. The number of nitrogens with zero attached hydrogens (tertiary/aromatic N) is 5. The Morgan fingerprint density at radius 2 is 1.80 bits per heavy atom. The Balaban J connectivity index is 1.09. The van der Waals surface area contributed by atoms with Gasteiger partial charge < -0.3 is 9.88 Å². The number of urea groups is 1. The van der Waals surface area contributed by atoms with Crippen LogP contribution in [0.2, 0.25) is 0 Å². The molecule has 10 nitrogen and oxygen atoms in total. The number of nitrogens with one attached hydrogen (secondary N) is 2. The summed E-state index contributed by atoms with van der Waals surface area (Å²) in [4.78, 5) is 52.1. The molecule has 2 saturated heterocycles. The Bertz CT molecular complexity index is 1910. The molecule has 4 aromatic rings. The van der Waals surface area contributed by atoms with E-state index in [1.807, 2.05) is 24.3 Å². The molecule has 0 spiro atoms. The number of anilines is 2. The first-order chi connectivity index (χ1) is 21.7. The van der Waals surface area contributed by atoms with Crippen molar-refractivity contribution in [2.75, 3.05) is 42.5 Å². The highest BCUT2D eigenvalue weighted by molar-refractivity contribution is 6.20. The highest BCUT2D eigenvalue weighted by Crippen LogP contribution is 2.46. The van der Waals surface area contributed by atoms with Gasteiger partial charge in [-0.1, -0.05) is 26.8 Å². The van der Waals surface area contributed by atoms with E-state index in [1.165, 1.54) is 11.3 Å². The van der Waals surface area contributed by atoms with Crippen molar-refractivity contribution in [3.05, 3.63) is 87.9 Å². The largest absolute Gasteiger partial charge is 0.369 e. The minimum atomic E-state index is -0.421. The zero-order valence-electron chi connectivity index (χ0n) is 25.7. The Kier molecular flexibility index (Phi) is 6.94. The van der Waals surface area contributed by atoms with E-state index in [4.69, 9.17) is 0 Å². The lowest BCUT2D eigenvalue weighted by atomic mass is 9.70. The number of carbonyl (C=O) groups is 3. The van der Waals surface area contributed by atoms with Gasteiger partial charge in [-0.2, -0.15) is 5.26 Å². The molecular weight excluding hydrogens is 566 g/mol. The molecule has 1 aliphatic carbocycles. The smallest absolute Gasteiger partial charge is 0.328 e. The fourth-order valence-electron chi connectivity index (χ4n) is 7.01. The van der Waals surface area contributed by atoms with Crippen molar-refractivity contribution in [3.63, 3.8) is 0 Å². The molecule has 7 rings (SSSR count). The van der Waals surface area contributed by atoms with E-state index in [9.17, 15) is 19.6 Å². The fourth-order valence-corrected chi connectivity index (χ4v) is 7.01. The van der Waals surface area contributed by atoms with Gasteiger partial charge in [-0.25, -0.2) is 4.79 Å². The van der Waals surface area contributed by atoms with E-state index < -0.39 is 11.4 Å². The number of aryl methyl sites for hydroxylation is 1. The minimum Gasteiger partial charge on any atom is -0.369 e. The number of ketones is 1. The van der Waals surface area contributed by atoms with E-state index in [0.29, 0.717) is 29.9 Å². The summed E-state index contributed by atoms with van der Waals surface area (Å²) >= 11 is 0. The summed E-state index contributed by atoms with van der Waals surface area (Å²) < 4.78 is 0. The van der Waals surface area contributed by atoms with Crippen molar-refractivity contribution in [2.45, 2.75) is 45.6 Å². The SMILES string of the molecule is CCc1cc2c(cc1N1CCN(Cc3ccc(N4CCC(=O)NC4=O)cn3)CC1)C(C)(C)c1[nH]c3cc(C#N)ccc3c1C2=O. The van der Waals surface area contributed by atoms with Crippen LogP contribution in [-0.2, 0) is 23.2 Å². The van der Waals surface area contributed by atoms with Crippen LogP contribution in [0.1, 0.15) is 71.2 Å². The topological polar surface area (TPSA) is 125 Å². The van der Waals surface area contributed by atoms with Gasteiger partial charge in [0, 0.05) is 79.0 Å². The predicted molar refractivity (Wildman–Crippen MR) is 172 cm³/mol. The van der Waals surface area contributed by atoms with Crippen molar-refractivity contribution in [1.29, 1.82) is 5.26 Å². The highest BCUT2D eigenvalue weighted by atomic mass is 16.2. The molecule has 2 aromatic heterocycles. The molecule has 2 fully saturated rings. The number of rotatable bonds is 5. The summed E-state index contributed by atoms with van der Waals surface area (Å²) in [5.41, 5.74) is 8.33. The number of hydrogen-bond acceptors (Lipinski definition) is 7. The molecule has 45 heavy (non-hydrogen) atoms. The summed E-state index contributed by atoms with van der Waals surface area (Å²) in [5, 5.41) is 12.6. The van der Waals surface area contributed by atoms with Crippen molar-refractivity contribution >= 4 is 40.0 Å². The average molecular weight is 602 g/mol. The monoisotopic (exact) mass is 601 g/mol. The maximum absolute atomic E-state index is 14.0. The summed E-state index contributed by atoms with van der Waals surface area (Å²) in [7, 11) is 0. The van der Waals surface area contributed by atoms with E-state index in [2.05, 4.69) is 64.1 Å². The summed E-state index contributed by atoms with van der Waals surface area (Å²) in [5.74, 6) is -0.216. The number of aromatic amines is 1. The summed E-state index contributed by atoms with van der Waals surface area (Å²) in [6.07, 6.45) is 2.80. The third-order valence-electron chi connectivity index (χ3n) is 9.57.